The fraction of sp³-hybridized carbons (Fsp3) is 0.500. The Morgan fingerprint density at radius 2 is 2.42 bits per heavy atom. The van der Waals surface area contributed by atoms with Crippen molar-refractivity contribution in [2.75, 3.05) is 0 Å². The molecule has 0 bridgehead atoms. The predicted molar refractivity (Wildman–Crippen MR) is 53.0 cm³/mol. The van der Waals surface area contributed by atoms with E-state index < -0.39 is 0 Å². The van der Waals surface area contributed by atoms with E-state index in [2.05, 4.69) is 24.2 Å². The van der Waals surface area contributed by atoms with Crippen LogP contribution in [0.15, 0.2) is 28.5 Å². The first-order valence-electron chi connectivity index (χ1n) is 4.49. The van der Waals surface area contributed by atoms with E-state index >= 15 is 0 Å². The lowest BCUT2D eigenvalue weighted by molar-refractivity contribution is 0.778. The number of nitrogens with zero attached hydrogens (tertiary/aromatic N) is 1. The average Bonchev–Trinajstić information content (AvgIpc) is 2.15. The van der Waals surface area contributed by atoms with Gasteiger partial charge in [-0.3, -0.25) is 0 Å². The molecule has 0 aromatic rings. The summed E-state index contributed by atoms with van der Waals surface area (Å²) in [7, 11) is 0. The van der Waals surface area contributed by atoms with Crippen LogP contribution in [0.1, 0.15) is 33.1 Å². The summed E-state index contributed by atoms with van der Waals surface area (Å²) in [6.45, 7) is 4.38. The van der Waals surface area contributed by atoms with Crippen molar-refractivity contribution in [3.8, 4) is 0 Å². The van der Waals surface area contributed by atoms with Gasteiger partial charge in [0.1, 0.15) is 0 Å². The number of aliphatic imine (C=N–C) groups is 1. The molecule has 0 spiro atoms. The Morgan fingerprint density at radius 3 is 3.00 bits per heavy atom. The van der Waals surface area contributed by atoms with Gasteiger partial charge in [0.15, 0.2) is 0 Å². The maximum atomic E-state index is 3.94. The van der Waals surface area contributed by atoms with Crippen LogP contribution in [0, 0.1) is 0 Å². The van der Waals surface area contributed by atoms with Gasteiger partial charge in [-0.1, -0.05) is 13.3 Å². The zero-order valence-electron chi connectivity index (χ0n) is 7.80. The van der Waals surface area contributed by atoms with Crippen molar-refractivity contribution in [3.63, 3.8) is 0 Å². The SMILES string of the molecule is CCCC/C(C)=C1\C=CN=CN1. The topological polar surface area (TPSA) is 24.4 Å². The molecule has 0 radical (unpaired) electrons. The Morgan fingerprint density at radius 1 is 1.58 bits per heavy atom. The van der Waals surface area contributed by atoms with Crippen LogP contribution in [0.2, 0.25) is 0 Å². The number of hydrogen-bond donors (Lipinski definition) is 1. The van der Waals surface area contributed by atoms with Crippen LogP contribution in [0.3, 0.4) is 0 Å². The molecule has 0 aromatic carbocycles. The molecule has 12 heavy (non-hydrogen) atoms. The van der Waals surface area contributed by atoms with Gasteiger partial charge in [-0.05, 0) is 31.4 Å². The molecule has 0 saturated carbocycles. The van der Waals surface area contributed by atoms with Crippen molar-refractivity contribution in [2.45, 2.75) is 33.1 Å². The Bertz CT molecular complexity index is 224. The first-order valence-corrected chi connectivity index (χ1v) is 4.49. The van der Waals surface area contributed by atoms with E-state index in [9.17, 15) is 0 Å². The molecule has 66 valence electrons. The molecule has 1 N–H and O–H groups in total. The van der Waals surface area contributed by atoms with E-state index in [1.165, 1.54) is 30.5 Å². The molecule has 0 atom stereocenters. The third-order valence-corrected chi connectivity index (χ3v) is 1.99. The van der Waals surface area contributed by atoms with Crippen molar-refractivity contribution in [1.82, 2.24) is 5.32 Å². The van der Waals surface area contributed by atoms with Gasteiger partial charge >= 0.3 is 0 Å². The summed E-state index contributed by atoms with van der Waals surface area (Å²) in [5.41, 5.74) is 2.62. The third-order valence-electron chi connectivity index (χ3n) is 1.99. The van der Waals surface area contributed by atoms with Crippen molar-refractivity contribution in [2.24, 2.45) is 4.99 Å². The second-order valence-corrected chi connectivity index (χ2v) is 3.04. The largest absolute Gasteiger partial charge is 0.346 e. The number of nitrogens with one attached hydrogen (secondary N) is 1. The van der Waals surface area contributed by atoms with Gasteiger partial charge in [0.2, 0.25) is 0 Å². The van der Waals surface area contributed by atoms with Crippen molar-refractivity contribution in [3.05, 3.63) is 23.5 Å². The lowest BCUT2D eigenvalue weighted by Crippen LogP contribution is -2.12. The quantitative estimate of drug-likeness (QED) is 0.681. The van der Waals surface area contributed by atoms with E-state index in [-0.39, 0.29) is 0 Å². The highest BCUT2D eigenvalue weighted by Gasteiger charge is 1.98. The lowest BCUT2D eigenvalue weighted by Gasteiger charge is -2.09. The first-order chi connectivity index (χ1) is 5.84. The third kappa shape index (κ3) is 2.53. The summed E-state index contributed by atoms with van der Waals surface area (Å²) in [5.74, 6) is 0. The van der Waals surface area contributed by atoms with Gasteiger partial charge in [0.05, 0.1) is 6.34 Å². The number of allylic oxidation sites excluding steroid dienone is 2. The Labute approximate surface area is 74.1 Å². The summed E-state index contributed by atoms with van der Waals surface area (Å²) >= 11 is 0. The fourth-order valence-electron chi connectivity index (χ4n) is 1.16. The van der Waals surface area contributed by atoms with Gasteiger partial charge < -0.3 is 5.32 Å². The number of hydrogen-bond acceptors (Lipinski definition) is 2. The first kappa shape index (κ1) is 9.04. The Kier molecular flexibility index (Phi) is 3.58. The number of unbranched alkanes of at least 4 members (excludes halogenated alkanes) is 1. The van der Waals surface area contributed by atoms with Gasteiger partial charge in [-0.15, -0.1) is 0 Å². The van der Waals surface area contributed by atoms with E-state index in [1.54, 1.807) is 6.34 Å². The summed E-state index contributed by atoms with van der Waals surface area (Å²) in [6, 6.07) is 0. The molecule has 0 aromatic heterocycles. The second kappa shape index (κ2) is 4.75. The molecule has 1 rings (SSSR count). The van der Waals surface area contributed by atoms with E-state index in [1.807, 2.05) is 12.3 Å². The zero-order valence-corrected chi connectivity index (χ0v) is 7.80. The molecule has 2 nitrogen and oxygen atoms in total. The average molecular weight is 164 g/mol. The summed E-state index contributed by atoms with van der Waals surface area (Å²) in [6.07, 6.45) is 9.26. The summed E-state index contributed by atoms with van der Waals surface area (Å²) in [5, 5.41) is 3.13. The van der Waals surface area contributed by atoms with Gasteiger partial charge in [-0.2, -0.15) is 0 Å². The van der Waals surface area contributed by atoms with Crippen LogP contribution in [-0.2, 0) is 0 Å². The van der Waals surface area contributed by atoms with Gasteiger partial charge in [-0.25, -0.2) is 4.99 Å². The van der Waals surface area contributed by atoms with Crippen molar-refractivity contribution < 1.29 is 0 Å². The van der Waals surface area contributed by atoms with Crippen molar-refractivity contribution in [1.29, 1.82) is 0 Å². The molecule has 0 fully saturated rings. The molecule has 1 aliphatic heterocycles. The minimum absolute atomic E-state index is 1.18. The molecule has 1 heterocycles. The lowest BCUT2D eigenvalue weighted by atomic mass is 10.1. The Balaban J connectivity index is 2.51. The molecule has 0 unspecified atom stereocenters. The van der Waals surface area contributed by atoms with E-state index in [4.69, 9.17) is 0 Å². The van der Waals surface area contributed by atoms with Crippen LogP contribution < -0.4 is 5.32 Å². The van der Waals surface area contributed by atoms with Crippen molar-refractivity contribution >= 4 is 6.34 Å². The van der Waals surface area contributed by atoms with Crippen LogP contribution in [0.4, 0.5) is 0 Å². The minimum Gasteiger partial charge on any atom is -0.346 e. The van der Waals surface area contributed by atoms with Crippen LogP contribution in [0.5, 0.6) is 0 Å². The second-order valence-electron chi connectivity index (χ2n) is 3.04. The van der Waals surface area contributed by atoms with Gasteiger partial charge in [0.25, 0.3) is 0 Å². The molecular weight excluding hydrogens is 148 g/mol. The number of rotatable bonds is 3. The monoisotopic (exact) mass is 164 g/mol. The molecule has 2 heteroatoms. The fourth-order valence-corrected chi connectivity index (χ4v) is 1.16. The highest BCUT2D eigenvalue weighted by Crippen LogP contribution is 2.11. The summed E-state index contributed by atoms with van der Waals surface area (Å²) in [4.78, 5) is 3.94. The molecule has 1 aliphatic rings. The summed E-state index contributed by atoms with van der Waals surface area (Å²) < 4.78 is 0. The maximum absolute atomic E-state index is 3.94. The molecule has 0 amide bonds. The molecular formula is C10H16N2. The zero-order chi connectivity index (χ0) is 8.81. The van der Waals surface area contributed by atoms with E-state index in [0.717, 1.165) is 0 Å². The smallest absolute Gasteiger partial charge is 0.0922 e. The van der Waals surface area contributed by atoms with Crippen LogP contribution >= 0.6 is 0 Å². The Hall–Kier alpha value is -1.05. The van der Waals surface area contributed by atoms with E-state index in [0.29, 0.717) is 0 Å². The molecule has 0 aliphatic carbocycles. The maximum Gasteiger partial charge on any atom is 0.0922 e. The predicted octanol–water partition coefficient (Wildman–Crippen LogP) is 2.60. The highest BCUT2D eigenvalue weighted by atomic mass is 15.0. The van der Waals surface area contributed by atoms with Gasteiger partial charge in [0, 0.05) is 11.9 Å². The van der Waals surface area contributed by atoms with Crippen LogP contribution in [-0.4, -0.2) is 6.34 Å². The normalized spacial score (nSPS) is 19.2. The minimum atomic E-state index is 1.18. The standard InChI is InChI=1S/C10H16N2/c1-3-4-5-9(2)10-6-7-11-8-12-10/h6-8H,3-5H2,1-2H3,(H,11,12)/b10-9+. The highest BCUT2D eigenvalue weighted by molar-refractivity contribution is 5.62. The molecule has 0 saturated heterocycles. The van der Waals surface area contributed by atoms with Crippen LogP contribution in [0.25, 0.3) is 0 Å².